The predicted octanol–water partition coefficient (Wildman–Crippen LogP) is 8.40. The summed E-state index contributed by atoms with van der Waals surface area (Å²) in [5, 5.41) is 13.0. The van der Waals surface area contributed by atoms with Crippen LogP contribution in [0.1, 0.15) is 29.7 Å². The molecule has 12 heteroatoms. The van der Waals surface area contributed by atoms with Crippen molar-refractivity contribution in [1.82, 2.24) is 14.8 Å². The lowest BCUT2D eigenvalue weighted by Gasteiger charge is -2.29. The molecule has 1 atom stereocenters. The molecule has 47 heavy (non-hydrogen) atoms. The number of ether oxygens (including phenoxy) is 3. The lowest BCUT2D eigenvalue weighted by atomic mass is 9.94. The number of thioether (sulfide) groups is 1. The monoisotopic (exact) mass is 687 g/mol. The van der Waals surface area contributed by atoms with Crippen molar-refractivity contribution in [3.05, 3.63) is 129 Å². The number of nitrogens with one attached hydrogen (secondary N) is 2. The Hall–Kier alpha value is -4.64. The van der Waals surface area contributed by atoms with E-state index in [1.807, 2.05) is 85.8 Å². The molecule has 240 valence electrons. The Morgan fingerprint density at radius 2 is 1.57 bits per heavy atom. The van der Waals surface area contributed by atoms with Crippen molar-refractivity contribution in [3.63, 3.8) is 0 Å². The number of hydrogen-bond donors (Lipinski definition) is 2. The maximum Gasteiger partial charge on any atom is 0.255 e. The van der Waals surface area contributed by atoms with Gasteiger partial charge in [-0.3, -0.25) is 4.79 Å². The van der Waals surface area contributed by atoms with Crippen LogP contribution < -0.4 is 24.8 Å². The molecule has 0 bridgehead atoms. The first-order chi connectivity index (χ1) is 22.9. The molecule has 4 aromatic carbocycles. The third-order valence-electron chi connectivity index (χ3n) is 7.59. The highest BCUT2D eigenvalue weighted by atomic mass is 35.5. The first-order valence-corrected chi connectivity index (χ1v) is 16.4. The molecule has 0 saturated carbocycles. The number of allylic oxidation sites excluding steroid dienone is 1. The summed E-state index contributed by atoms with van der Waals surface area (Å²) in [6.45, 7) is 2.10. The average molecular weight is 689 g/mol. The molecule has 2 heterocycles. The van der Waals surface area contributed by atoms with E-state index < -0.39 is 6.04 Å². The Kier molecular flexibility index (Phi) is 9.91. The maximum atomic E-state index is 14.1. The van der Waals surface area contributed by atoms with Gasteiger partial charge in [0.25, 0.3) is 5.91 Å². The normalized spacial score (nSPS) is 13.9. The number of benzene rings is 4. The molecule has 0 fully saturated rings. The minimum atomic E-state index is -0.658. The fraction of sp³-hybridized carbons (Fsp3) is 0.171. The lowest BCUT2D eigenvalue weighted by Crippen LogP contribution is -2.31. The summed E-state index contributed by atoms with van der Waals surface area (Å²) >= 11 is 14.2. The molecule has 0 aliphatic carbocycles. The number of carbonyl (C=O) groups excluding carboxylic acids is 1. The SMILES string of the molecule is COc1ccccc1NC(=O)C1=C(C)Nc2nc(SCc3ccccc3Cl)nn2C1c1ccc(OCc2ccccc2Cl)c(OC)c1. The summed E-state index contributed by atoms with van der Waals surface area (Å²) in [6, 6.07) is 27.3. The van der Waals surface area contributed by atoms with Crippen molar-refractivity contribution in [2.24, 2.45) is 0 Å². The van der Waals surface area contributed by atoms with Crippen molar-refractivity contribution >= 4 is 52.5 Å². The van der Waals surface area contributed by atoms with Gasteiger partial charge in [0.15, 0.2) is 11.5 Å². The number of hydrogen-bond acceptors (Lipinski definition) is 8. The standard InChI is InChI=1S/C35H31Cl2N5O4S/c1-21-31(33(43)39-27-14-8-9-15-28(27)44-2)32(42-34(38-21)40-35(41-42)47-20-24-11-5-7-13-26(24)37)22-16-17-29(30(18-22)45-3)46-19-23-10-4-6-12-25(23)36/h4-18,32H,19-20H2,1-3H3,(H,39,43)(H,38,40,41). The smallest absolute Gasteiger partial charge is 0.255 e. The summed E-state index contributed by atoms with van der Waals surface area (Å²) in [5.74, 6) is 2.31. The van der Waals surface area contributed by atoms with Crippen LogP contribution in [0.2, 0.25) is 10.0 Å². The number of fused-ring (bicyclic) bond motifs is 1. The van der Waals surface area contributed by atoms with E-state index in [-0.39, 0.29) is 12.5 Å². The Balaban J connectivity index is 1.36. The van der Waals surface area contributed by atoms with Crippen LogP contribution in [0.5, 0.6) is 17.2 Å². The zero-order valence-electron chi connectivity index (χ0n) is 25.8. The number of anilines is 2. The second-order valence-electron chi connectivity index (χ2n) is 10.6. The number of nitrogens with zero attached hydrogens (tertiary/aromatic N) is 3. The van der Waals surface area contributed by atoms with Crippen molar-refractivity contribution in [2.45, 2.75) is 30.5 Å². The van der Waals surface area contributed by atoms with Crippen LogP contribution in [0.15, 0.2) is 107 Å². The third kappa shape index (κ3) is 7.05. The van der Waals surface area contributed by atoms with E-state index >= 15 is 0 Å². The second-order valence-corrected chi connectivity index (χ2v) is 12.3. The first-order valence-electron chi connectivity index (χ1n) is 14.6. The topological polar surface area (TPSA) is 99.5 Å². The minimum absolute atomic E-state index is 0.257. The Labute approximate surface area is 286 Å². The fourth-order valence-electron chi connectivity index (χ4n) is 5.23. The lowest BCUT2D eigenvalue weighted by molar-refractivity contribution is -0.113. The van der Waals surface area contributed by atoms with E-state index in [0.29, 0.717) is 61.1 Å². The number of aromatic nitrogens is 3. The molecular formula is C35H31Cl2N5O4S. The Morgan fingerprint density at radius 1 is 0.894 bits per heavy atom. The van der Waals surface area contributed by atoms with E-state index in [1.54, 1.807) is 31.0 Å². The highest BCUT2D eigenvalue weighted by Gasteiger charge is 2.35. The van der Waals surface area contributed by atoms with E-state index in [4.69, 9.17) is 47.5 Å². The van der Waals surface area contributed by atoms with Gasteiger partial charge in [-0.1, -0.05) is 89.6 Å². The van der Waals surface area contributed by atoms with Gasteiger partial charge in [-0.05, 0) is 54.4 Å². The molecule has 1 aliphatic heterocycles. The molecule has 5 aromatic rings. The van der Waals surface area contributed by atoms with Gasteiger partial charge >= 0.3 is 0 Å². The van der Waals surface area contributed by atoms with E-state index in [0.717, 1.165) is 16.7 Å². The fourth-order valence-corrected chi connectivity index (χ4v) is 6.54. The average Bonchev–Trinajstić information content (AvgIpc) is 3.49. The van der Waals surface area contributed by atoms with Gasteiger partial charge in [0.05, 0.1) is 25.5 Å². The van der Waals surface area contributed by atoms with Crippen LogP contribution in [0.3, 0.4) is 0 Å². The van der Waals surface area contributed by atoms with Gasteiger partial charge in [-0.2, -0.15) is 4.98 Å². The van der Waals surface area contributed by atoms with E-state index in [9.17, 15) is 4.79 Å². The third-order valence-corrected chi connectivity index (χ3v) is 9.22. The second kappa shape index (κ2) is 14.4. The number of amides is 1. The number of para-hydroxylation sites is 2. The van der Waals surface area contributed by atoms with Crippen LogP contribution in [0.25, 0.3) is 0 Å². The molecule has 1 amide bonds. The van der Waals surface area contributed by atoms with Crippen molar-refractivity contribution in [2.75, 3.05) is 24.9 Å². The van der Waals surface area contributed by atoms with E-state index in [2.05, 4.69) is 10.6 Å². The van der Waals surface area contributed by atoms with Crippen LogP contribution in [0, 0.1) is 0 Å². The summed E-state index contributed by atoms with van der Waals surface area (Å²) < 4.78 is 19.1. The van der Waals surface area contributed by atoms with Crippen LogP contribution in [-0.2, 0) is 17.2 Å². The molecule has 1 aromatic heterocycles. The maximum absolute atomic E-state index is 14.1. The van der Waals surface area contributed by atoms with Crippen LogP contribution in [-0.4, -0.2) is 34.9 Å². The van der Waals surface area contributed by atoms with Gasteiger partial charge < -0.3 is 24.8 Å². The Morgan fingerprint density at radius 3 is 2.30 bits per heavy atom. The summed E-state index contributed by atoms with van der Waals surface area (Å²) in [7, 11) is 3.14. The van der Waals surface area contributed by atoms with Crippen molar-refractivity contribution in [1.29, 1.82) is 0 Å². The molecule has 9 nitrogen and oxygen atoms in total. The minimum Gasteiger partial charge on any atom is -0.495 e. The first kappa shape index (κ1) is 32.3. The molecule has 2 N–H and O–H groups in total. The molecule has 0 radical (unpaired) electrons. The summed E-state index contributed by atoms with van der Waals surface area (Å²) in [5.41, 5.74) is 4.18. The highest BCUT2D eigenvalue weighted by molar-refractivity contribution is 7.98. The highest BCUT2D eigenvalue weighted by Crippen LogP contribution is 2.41. The van der Waals surface area contributed by atoms with Gasteiger partial charge in [0, 0.05) is 27.1 Å². The molecule has 0 saturated heterocycles. The molecule has 1 aliphatic rings. The molecular weight excluding hydrogens is 657 g/mol. The quantitative estimate of drug-likeness (QED) is 0.134. The number of rotatable bonds is 11. The predicted molar refractivity (Wildman–Crippen MR) is 186 cm³/mol. The van der Waals surface area contributed by atoms with Gasteiger partial charge in [-0.15, -0.1) is 5.10 Å². The zero-order valence-corrected chi connectivity index (χ0v) is 28.1. The van der Waals surface area contributed by atoms with Gasteiger partial charge in [0.2, 0.25) is 11.1 Å². The van der Waals surface area contributed by atoms with Crippen LogP contribution >= 0.6 is 35.0 Å². The summed E-state index contributed by atoms with van der Waals surface area (Å²) in [6.07, 6.45) is 0. The number of methoxy groups -OCH3 is 2. The summed E-state index contributed by atoms with van der Waals surface area (Å²) in [4.78, 5) is 18.9. The molecule has 0 spiro atoms. The van der Waals surface area contributed by atoms with Gasteiger partial charge in [0.1, 0.15) is 18.4 Å². The van der Waals surface area contributed by atoms with Crippen LogP contribution in [0.4, 0.5) is 11.6 Å². The Bertz CT molecular complexity index is 1960. The number of halogens is 2. The number of carbonyl (C=O) groups is 1. The molecule has 1 unspecified atom stereocenters. The zero-order chi connectivity index (χ0) is 32.9. The van der Waals surface area contributed by atoms with E-state index in [1.165, 1.54) is 11.8 Å². The van der Waals surface area contributed by atoms with Crippen molar-refractivity contribution < 1.29 is 19.0 Å². The van der Waals surface area contributed by atoms with Gasteiger partial charge in [-0.25, -0.2) is 4.68 Å². The largest absolute Gasteiger partial charge is 0.495 e. The van der Waals surface area contributed by atoms with Crippen molar-refractivity contribution in [3.8, 4) is 17.2 Å². The molecule has 6 rings (SSSR count).